The number of rotatable bonds is 2. The average molecular weight is 440 g/mol. The summed E-state index contributed by atoms with van der Waals surface area (Å²) in [5.41, 5.74) is 1.87. The van der Waals surface area contributed by atoms with Gasteiger partial charge in [-0.25, -0.2) is 9.18 Å². The highest BCUT2D eigenvalue weighted by molar-refractivity contribution is 5.76. The molecule has 1 aromatic rings. The van der Waals surface area contributed by atoms with Crippen molar-refractivity contribution in [3.63, 3.8) is 0 Å². The van der Waals surface area contributed by atoms with Gasteiger partial charge in [0.15, 0.2) is 0 Å². The van der Waals surface area contributed by atoms with Crippen LogP contribution in [-0.2, 0) is 6.42 Å². The predicted molar refractivity (Wildman–Crippen MR) is 120 cm³/mol. The van der Waals surface area contributed by atoms with Crippen LogP contribution in [0.15, 0.2) is 18.2 Å². The molecule has 3 heterocycles. The first kappa shape index (κ1) is 19.6. The number of nitrogens with one attached hydrogen (secondary N) is 1. The number of urea groups is 1. The third-order valence-electron chi connectivity index (χ3n) is 9.89. The molecule has 172 valence electrons. The summed E-state index contributed by atoms with van der Waals surface area (Å²) in [6, 6.07) is 6.66. The number of aliphatic hydroxyl groups is 1. The van der Waals surface area contributed by atoms with Crippen LogP contribution in [-0.4, -0.2) is 52.4 Å². The summed E-state index contributed by atoms with van der Waals surface area (Å²) in [6.45, 7) is 0.963. The van der Waals surface area contributed by atoms with Crippen LogP contribution >= 0.6 is 0 Å². The van der Waals surface area contributed by atoms with E-state index in [1.54, 1.807) is 12.1 Å². The number of carbonyl (C=O) groups is 1. The lowest BCUT2D eigenvalue weighted by atomic mass is 9.52. The van der Waals surface area contributed by atoms with E-state index in [0.29, 0.717) is 35.9 Å². The molecule has 0 spiro atoms. The SMILES string of the molecule is O=C(NC1C2CC3CC1CC(O)(C3)C2)N1[C@@H]2CC[C@H]1CC(N1CCc3cc(F)ccc31)C2. The normalized spacial score (nSPS) is 43.6. The fourth-order valence-corrected chi connectivity index (χ4v) is 8.94. The maximum Gasteiger partial charge on any atom is 0.318 e. The van der Waals surface area contributed by atoms with E-state index in [-0.39, 0.29) is 17.9 Å². The van der Waals surface area contributed by atoms with Gasteiger partial charge >= 0.3 is 6.03 Å². The van der Waals surface area contributed by atoms with Gasteiger partial charge in [-0.2, -0.15) is 0 Å². The van der Waals surface area contributed by atoms with Gasteiger partial charge in [-0.3, -0.25) is 0 Å². The van der Waals surface area contributed by atoms with E-state index in [2.05, 4.69) is 15.1 Å². The lowest BCUT2D eigenvalue weighted by molar-refractivity contribution is -0.137. The number of fused-ring (bicyclic) bond motifs is 3. The number of anilines is 1. The molecule has 6 fully saturated rings. The van der Waals surface area contributed by atoms with E-state index in [9.17, 15) is 14.3 Å². The minimum Gasteiger partial charge on any atom is -0.390 e. The second kappa shape index (κ2) is 6.85. The van der Waals surface area contributed by atoms with Gasteiger partial charge in [-0.15, -0.1) is 0 Å². The van der Waals surface area contributed by atoms with E-state index in [4.69, 9.17) is 0 Å². The Bertz CT molecular complexity index is 923. The molecule has 5 atom stereocenters. The fourth-order valence-electron chi connectivity index (χ4n) is 8.94. The summed E-state index contributed by atoms with van der Waals surface area (Å²) >= 11 is 0. The Balaban J connectivity index is 1.05. The molecular weight excluding hydrogens is 405 g/mol. The largest absolute Gasteiger partial charge is 0.390 e. The second-order valence-electron chi connectivity index (χ2n) is 11.8. The first-order valence-electron chi connectivity index (χ1n) is 12.8. The molecule has 4 aliphatic carbocycles. The van der Waals surface area contributed by atoms with Crippen LogP contribution in [0.1, 0.15) is 63.4 Å². The van der Waals surface area contributed by atoms with Gasteiger partial charge in [-0.05, 0) is 106 Å². The van der Waals surface area contributed by atoms with E-state index in [1.807, 2.05) is 6.07 Å². The molecule has 6 bridgehead atoms. The van der Waals surface area contributed by atoms with Gasteiger partial charge in [0.2, 0.25) is 0 Å². The molecule has 6 heteroatoms. The van der Waals surface area contributed by atoms with Gasteiger partial charge < -0.3 is 20.2 Å². The van der Waals surface area contributed by atoms with Crippen LogP contribution in [0.3, 0.4) is 0 Å². The Morgan fingerprint density at radius 1 is 1.03 bits per heavy atom. The molecule has 1 aromatic carbocycles. The van der Waals surface area contributed by atoms with E-state index in [1.165, 1.54) is 18.5 Å². The second-order valence-corrected chi connectivity index (χ2v) is 11.8. The molecule has 0 aromatic heterocycles. The molecule has 0 radical (unpaired) electrons. The molecule has 2 amide bonds. The van der Waals surface area contributed by atoms with Crippen molar-refractivity contribution in [1.82, 2.24) is 10.2 Å². The third-order valence-corrected chi connectivity index (χ3v) is 9.89. The highest BCUT2D eigenvalue weighted by Gasteiger charge is 2.56. The predicted octanol–water partition coefficient (Wildman–Crippen LogP) is 3.83. The lowest BCUT2D eigenvalue weighted by Gasteiger charge is -2.58. The van der Waals surface area contributed by atoms with Crippen LogP contribution in [0.5, 0.6) is 0 Å². The van der Waals surface area contributed by atoms with Gasteiger partial charge in [-0.1, -0.05) is 0 Å². The Hall–Kier alpha value is -1.82. The van der Waals surface area contributed by atoms with Crippen molar-refractivity contribution >= 4 is 11.7 Å². The summed E-state index contributed by atoms with van der Waals surface area (Å²) in [7, 11) is 0. The number of amides is 2. The van der Waals surface area contributed by atoms with Crippen molar-refractivity contribution in [2.75, 3.05) is 11.4 Å². The minimum absolute atomic E-state index is 0.143. The molecular formula is C26H34FN3O2. The van der Waals surface area contributed by atoms with Gasteiger partial charge in [0.05, 0.1) is 5.60 Å². The van der Waals surface area contributed by atoms with Gasteiger partial charge in [0.1, 0.15) is 5.82 Å². The molecule has 8 rings (SSSR count). The van der Waals surface area contributed by atoms with E-state index < -0.39 is 5.60 Å². The number of hydrogen-bond donors (Lipinski definition) is 2. The summed E-state index contributed by atoms with van der Waals surface area (Å²) in [4.78, 5) is 18.2. The molecule has 7 aliphatic rings. The summed E-state index contributed by atoms with van der Waals surface area (Å²) in [5, 5.41) is 14.3. The highest BCUT2D eigenvalue weighted by atomic mass is 19.1. The Labute approximate surface area is 189 Å². The number of carbonyl (C=O) groups excluding carboxylic acids is 1. The molecule has 3 unspecified atom stereocenters. The van der Waals surface area contributed by atoms with Crippen LogP contribution in [0.2, 0.25) is 0 Å². The number of piperidine rings is 1. The maximum atomic E-state index is 13.6. The smallest absolute Gasteiger partial charge is 0.318 e. The van der Waals surface area contributed by atoms with Crippen molar-refractivity contribution in [3.05, 3.63) is 29.6 Å². The number of halogens is 1. The quantitative estimate of drug-likeness (QED) is 0.736. The van der Waals surface area contributed by atoms with Crippen LogP contribution < -0.4 is 10.2 Å². The first-order chi connectivity index (χ1) is 15.5. The zero-order valence-electron chi connectivity index (χ0n) is 18.7. The Kier molecular flexibility index (Phi) is 4.20. The first-order valence-corrected chi connectivity index (χ1v) is 12.8. The molecule has 4 saturated carbocycles. The van der Waals surface area contributed by atoms with Crippen molar-refractivity contribution in [1.29, 1.82) is 0 Å². The van der Waals surface area contributed by atoms with Crippen LogP contribution in [0.4, 0.5) is 14.9 Å². The zero-order chi connectivity index (χ0) is 21.6. The highest BCUT2D eigenvalue weighted by Crippen LogP contribution is 2.55. The van der Waals surface area contributed by atoms with E-state index >= 15 is 0 Å². The lowest BCUT2D eigenvalue weighted by Crippen LogP contribution is -2.64. The zero-order valence-corrected chi connectivity index (χ0v) is 18.7. The van der Waals surface area contributed by atoms with Crippen molar-refractivity contribution < 1.29 is 14.3 Å². The molecule has 2 N–H and O–H groups in total. The maximum absolute atomic E-state index is 13.6. The molecule has 32 heavy (non-hydrogen) atoms. The van der Waals surface area contributed by atoms with Crippen molar-refractivity contribution in [2.45, 2.75) is 94.0 Å². The molecule has 3 aliphatic heterocycles. The summed E-state index contributed by atoms with van der Waals surface area (Å²) in [5.74, 6) is 1.42. The van der Waals surface area contributed by atoms with Crippen molar-refractivity contribution in [3.8, 4) is 0 Å². The monoisotopic (exact) mass is 439 g/mol. The molecule has 5 nitrogen and oxygen atoms in total. The van der Waals surface area contributed by atoms with Crippen LogP contribution in [0.25, 0.3) is 0 Å². The topological polar surface area (TPSA) is 55.8 Å². The van der Waals surface area contributed by atoms with Crippen molar-refractivity contribution in [2.24, 2.45) is 17.8 Å². The standard InChI is InChI=1S/C26H34FN3O2/c27-19-1-4-23-16(9-19)5-6-29(23)22-10-20-2-3-21(11-22)30(20)25(31)28-24-17-7-15-8-18(24)14-26(32,12-15)13-17/h1,4,9,15,17-18,20-22,24,32H,2-3,5-8,10-14H2,(H,28,31)/t15?,17?,18?,20-,21+,22?,24?,26?. The fraction of sp³-hybridized carbons (Fsp3) is 0.731. The minimum atomic E-state index is -0.454. The van der Waals surface area contributed by atoms with Crippen LogP contribution in [0, 0.1) is 23.6 Å². The van der Waals surface area contributed by atoms with Gasteiger partial charge in [0.25, 0.3) is 0 Å². The van der Waals surface area contributed by atoms with E-state index in [0.717, 1.165) is 63.5 Å². The average Bonchev–Trinajstić information content (AvgIpc) is 3.27. The molecule has 2 saturated heterocycles. The third kappa shape index (κ3) is 2.94. The Morgan fingerprint density at radius 2 is 1.75 bits per heavy atom. The number of hydrogen-bond acceptors (Lipinski definition) is 3. The number of benzene rings is 1. The number of nitrogens with zero attached hydrogens (tertiary/aromatic N) is 2. The Morgan fingerprint density at radius 3 is 2.44 bits per heavy atom. The summed E-state index contributed by atoms with van der Waals surface area (Å²) in [6.07, 6.45) is 10.2. The summed E-state index contributed by atoms with van der Waals surface area (Å²) < 4.78 is 13.6. The van der Waals surface area contributed by atoms with Gasteiger partial charge in [0, 0.05) is 36.4 Å².